The summed E-state index contributed by atoms with van der Waals surface area (Å²) in [5, 5.41) is 3.60. The number of nitrogens with zero attached hydrogens (tertiary/aromatic N) is 2. The van der Waals surface area contributed by atoms with Crippen LogP contribution < -0.4 is 16.0 Å². The van der Waals surface area contributed by atoms with E-state index < -0.39 is 5.91 Å². The number of amides is 3. The molecule has 4 N–H and O–H groups in total. The standard InChI is InChI=1S/C27H23N5O4/c28-25(34)22(18-4-2-1-3-5-18)15-19-16-29-26-21(19)10-11-23(31-26)30-24(33)14-17-6-8-20(9-7-17)32-12-13-36-27(32)35/h1-11,15-16H,12-14H2,(H2,28,34)(H2,29,30,31,33). The Labute approximate surface area is 206 Å². The number of ether oxygens (including phenoxy) is 1. The third-order valence-electron chi connectivity index (χ3n) is 5.86. The lowest BCUT2D eigenvalue weighted by Gasteiger charge is -2.13. The fourth-order valence-corrected chi connectivity index (χ4v) is 4.08. The molecular formula is C27H23N5O4. The lowest BCUT2D eigenvalue weighted by molar-refractivity contribution is -0.115. The third-order valence-corrected chi connectivity index (χ3v) is 5.86. The minimum atomic E-state index is -0.527. The smallest absolute Gasteiger partial charge is 0.414 e. The number of nitrogens with two attached hydrogens (primary N) is 1. The zero-order valence-corrected chi connectivity index (χ0v) is 19.2. The number of rotatable bonds is 7. The third kappa shape index (κ3) is 4.80. The maximum atomic E-state index is 12.6. The van der Waals surface area contributed by atoms with Crippen LogP contribution in [0.4, 0.5) is 16.3 Å². The lowest BCUT2D eigenvalue weighted by Crippen LogP contribution is -2.23. The molecule has 0 atom stereocenters. The lowest BCUT2D eigenvalue weighted by atomic mass is 10.0. The summed E-state index contributed by atoms with van der Waals surface area (Å²) in [6.07, 6.45) is 3.26. The van der Waals surface area contributed by atoms with Crippen molar-refractivity contribution >= 4 is 52.1 Å². The molecule has 3 amide bonds. The van der Waals surface area contributed by atoms with Crippen molar-refractivity contribution < 1.29 is 19.1 Å². The average Bonchev–Trinajstić information content (AvgIpc) is 3.49. The number of aromatic nitrogens is 2. The molecule has 1 fully saturated rings. The molecule has 3 heterocycles. The maximum absolute atomic E-state index is 12.6. The zero-order valence-electron chi connectivity index (χ0n) is 19.2. The van der Waals surface area contributed by atoms with Crippen molar-refractivity contribution in [2.45, 2.75) is 6.42 Å². The summed E-state index contributed by atoms with van der Waals surface area (Å²) in [7, 11) is 0. The van der Waals surface area contributed by atoms with Crippen molar-refractivity contribution in [2.75, 3.05) is 23.4 Å². The van der Waals surface area contributed by atoms with Crippen LogP contribution in [0.25, 0.3) is 22.7 Å². The number of carbonyl (C=O) groups is 3. The first-order valence-corrected chi connectivity index (χ1v) is 11.4. The minimum Gasteiger partial charge on any atom is -0.447 e. The van der Waals surface area contributed by atoms with Gasteiger partial charge in [-0.1, -0.05) is 42.5 Å². The molecule has 36 heavy (non-hydrogen) atoms. The van der Waals surface area contributed by atoms with Gasteiger partial charge in [0.25, 0.3) is 0 Å². The topological polar surface area (TPSA) is 130 Å². The van der Waals surface area contributed by atoms with Crippen LogP contribution >= 0.6 is 0 Å². The summed E-state index contributed by atoms with van der Waals surface area (Å²) in [5.41, 5.74) is 9.59. The molecule has 1 aliphatic heterocycles. The first kappa shape index (κ1) is 22.9. The fraction of sp³-hybridized carbons (Fsp3) is 0.111. The molecule has 2 aromatic heterocycles. The van der Waals surface area contributed by atoms with E-state index in [1.54, 1.807) is 35.4 Å². The minimum absolute atomic E-state index is 0.155. The molecule has 0 saturated carbocycles. The maximum Gasteiger partial charge on any atom is 0.414 e. The number of benzene rings is 2. The highest BCUT2D eigenvalue weighted by Crippen LogP contribution is 2.25. The number of cyclic esters (lactones) is 1. The Morgan fingerprint density at radius 1 is 1.08 bits per heavy atom. The molecule has 1 aliphatic rings. The predicted molar refractivity (Wildman–Crippen MR) is 137 cm³/mol. The Hall–Kier alpha value is -4.92. The van der Waals surface area contributed by atoms with Crippen LogP contribution in [0.3, 0.4) is 0 Å². The van der Waals surface area contributed by atoms with Crippen LogP contribution in [0.2, 0.25) is 0 Å². The van der Waals surface area contributed by atoms with Gasteiger partial charge in [0.1, 0.15) is 18.1 Å². The predicted octanol–water partition coefficient (Wildman–Crippen LogP) is 3.73. The summed E-state index contributed by atoms with van der Waals surface area (Å²) in [5.74, 6) is -0.345. The summed E-state index contributed by atoms with van der Waals surface area (Å²) in [4.78, 5) is 45.4. The van der Waals surface area contributed by atoms with E-state index in [1.807, 2.05) is 48.5 Å². The normalized spacial score (nSPS) is 13.6. The van der Waals surface area contributed by atoms with E-state index in [9.17, 15) is 14.4 Å². The van der Waals surface area contributed by atoms with E-state index in [4.69, 9.17) is 10.5 Å². The summed E-state index contributed by atoms with van der Waals surface area (Å²) in [6, 6.07) is 19.9. The van der Waals surface area contributed by atoms with Crippen molar-refractivity contribution in [3.8, 4) is 0 Å². The summed E-state index contributed by atoms with van der Waals surface area (Å²) < 4.78 is 4.95. The van der Waals surface area contributed by atoms with Gasteiger partial charge < -0.3 is 20.8 Å². The number of aromatic amines is 1. The van der Waals surface area contributed by atoms with Gasteiger partial charge in [-0.2, -0.15) is 0 Å². The molecule has 0 unspecified atom stereocenters. The van der Waals surface area contributed by atoms with Crippen LogP contribution in [-0.4, -0.2) is 41.0 Å². The molecule has 9 nitrogen and oxygen atoms in total. The fourth-order valence-electron chi connectivity index (χ4n) is 4.08. The number of primary amides is 1. The van der Waals surface area contributed by atoms with Crippen molar-refractivity contribution in [1.29, 1.82) is 0 Å². The van der Waals surface area contributed by atoms with Crippen LogP contribution in [0.1, 0.15) is 16.7 Å². The molecule has 0 aliphatic carbocycles. The van der Waals surface area contributed by atoms with Crippen molar-refractivity contribution in [3.63, 3.8) is 0 Å². The largest absolute Gasteiger partial charge is 0.447 e. The van der Waals surface area contributed by atoms with E-state index in [2.05, 4.69) is 15.3 Å². The number of pyridine rings is 1. The number of hydrogen-bond acceptors (Lipinski definition) is 5. The Morgan fingerprint density at radius 3 is 2.56 bits per heavy atom. The Kier molecular flexibility index (Phi) is 6.19. The molecule has 5 rings (SSSR count). The molecule has 1 saturated heterocycles. The van der Waals surface area contributed by atoms with Gasteiger partial charge in [-0.25, -0.2) is 9.78 Å². The zero-order chi connectivity index (χ0) is 25.1. The molecule has 180 valence electrons. The van der Waals surface area contributed by atoms with Gasteiger partial charge in [0, 0.05) is 28.4 Å². The van der Waals surface area contributed by atoms with Crippen LogP contribution in [0.5, 0.6) is 0 Å². The first-order valence-electron chi connectivity index (χ1n) is 11.4. The van der Waals surface area contributed by atoms with Gasteiger partial charge in [-0.15, -0.1) is 0 Å². The van der Waals surface area contributed by atoms with E-state index in [0.717, 1.165) is 27.8 Å². The van der Waals surface area contributed by atoms with Gasteiger partial charge in [0.15, 0.2) is 0 Å². The van der Waals surface area contributed by atoms with Gasteiger partial charge in [-0.05, 0) is 41.5 Å². The summed E-state index contributed by atoms with van der Waals surface area (Å²) >= 11 is 0. The molecule has 9 heteroatoms. The first-order chi connectivity index (χ1) is 17.5. The van der Waals surface area contributed by atoms with Crippen LogP contribution in [-0.2, 0) is 20.7 Å². The second-order valence-electron chi connectivity index (χ2n) is 8.28. The number of H-pyrrole nitrogens is 1. The summed E-state index contributed by atoms with van der Waals surface area (Å²) in [6.45, 7) is 0.886. The molecule has 4 aromatic rings. The second kappa shape index (κ2) is 9.75. The molecular weight excluding hydrogens is 458 g/mol. The molecule has 0 radical (unpaired) electrons. The quantitative estimate of drug-likeness (QED) is 0.346. The van der Waals surface area contributed by atoms with Gasteiger partial charge in [0.2, 0.25) is 11.8 Å². The second-order valence-corrected chi connectivity index (χ2v) is 8.28. The van der Waals surface area contributed by atoms with E-state index in [1.165, 1.54) is 0 Å². The monoisotopic (exact) mass is 481 g/mol. The number of carbonyl (C=O) groups excluding carboxylic acids is 3. The molecule has 2 aromatic carbocycles. The SMILES string of the molecule is NC(=O)C(=Cc1c[nH]c2nc(NC(=O)Cc3ccc(N4CCOC4=O)cc3)ccc12)c1ccccc1. The Morgan fingerprint density at radius 2 is 1.86 bits per heavy atom. The van der Waals surface area contributed by atoms with Crippen LogP contribution in [0.15, 0.2) is 72.9 Å². The van der Waals surface area contributed by atoms with Gasteiger partial charge in [0.05, 0.1) is 13.0 Å². The van der Waals surface area contributed by atoms with Crippen LogP contribution in [0, 0.1) is 0 Å². The number of fused-ring (bicyclic) bond motifs is 1. The Balaban J connectivity index is 1.28. The van der Waals surface area contributed by atoms with Gasteiger partial charge >= 0.3 is 6.09 Å². The number of nitrogens with one attached hydrogen (secondary N) is 2. The van der Waals surface area contributed by atoms with Crippen molar-refractivity contribution in [1.82, 2.24) is 9.97 Å². The van der Waals surface area contributed by atoms with E-state index in [0.29, 0.717) is 30.2 Å². The van der Waals surface area contributed by atoms with Crippen molar-refractivity contribution in [2.24, 2.45) is 5.73 Å². The number of hydrogen-bond donors (Lipinski definition) is 3. The van der Waals surface area contributed by atoms with Gasteiger partial charge in [-0.3, -0.25) is 14.5 Å². The molecule has 0 bridgehead atoms. The van der Waals surface area contributed by atoms with E-state index in [-0.39, 0.29) is 18.4 Å². The van der Waals surface area contributed by atoms with E-state index >= 15 is 0 Å². The average molecular weight is 482 g/mol. The molecule has 0 spiro atoms. The highest BCUT2D eigenvalue weighted by molar-refractivity contribution is 6.24. The van der Waals surface area contributed by atoms with Crippen molar-refractivity contribution in [3.05, 3.63) is 89.6 Å². The Bertz CT molecular complexity index is 1480. The highest BCUT2D eigenvalue weighted by atomic mass is 16.6. The number of anilines is 2. The highest BCUT2D eigenvalue weighted by Gasteiger charge is 2.23.